The van der Waals surface area contributed by atoms with Crippen LogP contribution in [0.3, 0.4) is 0 Å². The second kappa shape index (κ2) is 16.7. The zero-order valence-corrected chi connectivity index (χ0v) is 41.2. The fourth-order valence-corrected chi connectivity index (χ4v) is 12.5. The average Bonchev–Trinajstić information content (AvgIpc) is 3.64. The molecule has 10 nitrogen and oxygen atoms in total. The predicted molar refractivity (Wildman–Crippen MR) is 280 cm³/mol. The van der Waals surface area contributed by atoms with Gasteiger partial charge in [0, 0.05) is 96.7 Å². The summed E-state index contributed by atoms with van der Waals surface area (Å²) in [5.74, 6) is 2.91. The van der Waals surface area contributed by atoms with Crippen molar-refractivity contribution in [2.45, 2.75) is 102 Å². The van der Waals surface area contributed by atoms with Crippen LogP contribution in [0.25, 0.3) is 21.5 Å². The van der Waals surface area contributed by atoms with Gasteiger partial charge in [-0.15, -0.1) is 0 Å². The molecular weight excluding hydrogens is 845 g/mol. The first-order valence-corrected chi connectivity index (χ1v) is 25.1. The van der Waals surface area contributed by atoms with Crippen LogP contribution in [0.15, 0.2) is 119 Å². The van der Waals surface area contributed by atoms with E-state index in [4.69, 9.17) is 28.9 Å². The minimum atomic E-state index is -0.860. The van der Waals surface area contributed by atoms with E-state index < -0.39 is 11.4 Å². The molecule has 6 aliphatic rings. The summed E-state index contributed by atoms with van der Waals surface area (Å²) in [5.41, 5.74) is 6.54. The lowest BCUT2D eigenvalue weighted by molar-refractivity contribution is 0.0497. The van der Waals surface area contributed by atoms with Crippen LogP contribution in [0.5, 0.6) is 11.5 Å². The number of ether oxygens (including phenoxy) is 4. The third-order valence-electron chi connectivity index (χ3n) is 15.9. The van der Waals surface area contributed by atoms with Crippen LogP contribution in [0.4, 0.5) is 34.1 Å². The summed E-state index contributed by atoms with van der Waals surface area (Å²) in [5, 5.41) is 4.68. The van der Waals surface area contributed by atoms with Gasteiger partial charge in [0.05, 0.1) is 24.0 Å². The van der Waals surface area contributed by atoms with Gasteiger partial charge in [0.2, 0.25) is 0 Å². The zero-order chi connectivity index (χ0) is 47.0. The fraction of sp³-hybridized carbons (Fsp3) is 0.414. The minimum absolute atomic E-state index is 0.374. The minimum Gasteiger partial charge on any atom is -0.477 e. The molecular formula is C58H66N6O4. The highest BCUT2D eigenvalue weighted by Gasteiger charge is 2.65. The molecule has 2 spiro atoms. The number of piperidine rings is 2. The maximum Gasteiger partial charge on any atom is 0.268 e. The maximum absolute atomic E-state index is 7.14. The van der Waals surface area contributed by atoms with Gasteiger partial charge in [-0.3, -0.25) is 0 Å². The first-order valence-electron chi connectivity index (χ1n) is 25.1. The molecule has 12 rings (SSSR count). The molecule has 0 bridgehead atoms. The number of hydrogen-bond donors (Lipinski definition) is 0. The van der Waals surface area contributed by atoms with E-state index in [9.17, 15) is 0 Å². The Kier molecular flexibility index (Phi) is 10.8. The summed E-state index contributed by atoms with van der Waals surface area (Å²) in [6, 6.07) is 38.7. The number of nitrogens with zero attached hydrogens (tertiary/aromatic N) is 6. The summed E-state index contributed by atoms with van der Waals surface area (Å²) < 4.78 is 26.8. The predicted octanol–water partition coefficient (Wildman–Crippen LogP) is 12.8. The largest absolute Gasteiger partial charge is 0.477 e. The van der Waals surface area contributed by atoms with Crippen LogP contribution >= 0.6 is 0 Å². The molecule has 0 aliphatic carbocycles. The molecule has 2 fully saturated rings. The van der Waals surface area contributed by atoms with Crippen molar-refractivity contribution in [2.75, 3.05) is 73.1 Å². The first kappa shape index (κ1) is 44.1. The SMILES string of the molecule is CCOC1=Nc2c(cc(N3CCCCC3)c3ccccc23)O[C@]12N(C)c1ccccc1C2(C)C.CCOC1=Nc2c(cc(N3CCCCC3)c3ccccc23)O[C@]12N(C)c1ccccc1C2(C)C. The van der Waals surface area contributed by atoms with Gasteiger partial charge < -0.3 is 38.5 Å². The van der Waals surface area contributed by atoms with Crippen LogP contribution in [-0.2, 0) is 20.3 Å². The van der Waals surface area contributed by atoms with Gasteiger partial charge in [0.1, 0.15) is 11.4 Å². The van der Waals surface area contributed by atoms with Crippen molar-refractivity contribution in [3.8, 4) is 11.5 Å². The Morgan fingerprint density at radius 1 is 0.471 bits per heavy atom. The molecule has 68 heavy (non-hydrogen) atoms. The van der Waals surface area contributed by atoms with Crippen molar-refractivity contribution >= 4 is 67.5 Å². The Morgan fingerprint density at radius 3 is 1.19 bits per heavy atom. The van der Waals surface area contributed by atoms with Crippen molar-refractivity contribution in [2.24, 2.45) is 9.98 Å². The number of benzene rings is 6. The summed E-state index contributed by atoms with van der Waals surface area (Å²) in [4.78, 5) is 19.9. The molecule has 6 aromatic carbocycles. The van der Waals surface area contributed by atoms with Gasteiger partial charge >= 0.3 is 0 Å². The average molecular weight is 911 g/mol. The summed E-state index contributed by atoms with van der Waals surface area (Å²) in [6.45, 7) is 18.4. The number of anilines is 4. The first-order chi connectivity index (χ1) is 33.0. The number of rotatable bonds is 4. The van der Waals surface area contributed by atoms with Gasteiger partial charge in [-0.05, 0) is 103 Å². The molecule has 0 N–H and O–H groups in total. The van der Waals surface area contributed by atoms with E-state index in [0.717, 1.165) is 71.2 Å². The molecule has 352 valence electrons. The van der Waals surface area contributed by atoms with Gasteiger partial charge in [-0.2, -0.15) is 0 Å². The van der Waals surface area contributed by atoms with Crippen molar-refractivity contribution in [1.82, 2.24) is 0 Å². The Hall–Kier alpha value is -6.42. The lowest BCUT2D eigenvalue weighted by atomic mass is 9.76. The Bertz CT molecular complexity index is 2780. The molecule has 0 amide bonds. The number of fused-ring (bicyclic) bond motifs is 8. The molecule has 0 unspecified atom stereocenters. The standard InChI is InChI=1S/2C29H33N3O2/c2*1-5-33-27-29(28(2,3)22-15-9-10-16-23(22)31(29)4)34-25-19-24(32-17-11-6-12-18-32)20-13-7-8-14-21(20)26(25)30-27/h2*7-10,13-16,19H,5-6,11-12,17-18H2,1-4H3/t2*29-/m11/s1. The molecule has 2 saturated heterocycles. The van der Waals surface area contributed by atoms with E-state index in [-0.39, 0.29) is 10.8 Å². The van der Waals surface area contributed by atoms with Crippen molar-refractivity contribution < 1.29 is 18.9 Å². The molecule has 6 aliphatic heterocycles. The topological polar surface area (TPSA) is 74.6 Å². The van der Waals surface area contributed by atoms with E-state index >= 15 is 0 Å². The molecule has 6 heterocycles. The zero-order valence-electron chi connectivity index (χ0n) is 41.2. The third-order valence-corrected chi connectivity index (χ3v) is 15.9. The van der Waals surface area contributed by atoms with Crippen LogP contribution < -0.4 is 29.1 Å². The Balaban J connectivity index is 0.000000149. The number of para-hydroxylation sites is 2. The lowest BCUT2D eigenvalue weighted by Gasteiger charge is -2.47. The second-order valence-electron chi connectivity index (χ2n) is 20.3. The van der Waals surface area contributed by atoms with E-state index in [1.165, 1.54) is 71.8 Å². The van der Waals surface area contributed by atoms with Crippen LogP contribution in [-0.4, -0.2) is 76.7 Å². The van der Waals surface area contributed by atoms with Crippen LogP contribution in [0.2, 0.25) is 0 Å². The Morgan fingerprint density at radius 2 is 0.824 bits per heavy atom. The number of hydrogen-bond acceptors (Lipinski definition) is 10. The van der Waals surface area contributed by atoms with E-state index in [1.54, 1.807) is 0 Å². The molecule has 0 aromatic heterocycles. The smallest absolute Gasteiger partial charge is 0.268 e. The normalized spacial score (nSPS) is 22.9. The van der Waals surface area contributed by atoms with E-state index in [0.29, 0.717) is 25.0 Å². The summed E-state index contributed by atoms with van der Waals surface area (Å²) in [6.07, 6.45) is 7.53. The van der Waals surface area contributed by atoms with Crippen molar-refractivity contribution in [1.29, 1.82) is 0 Å². The molecule has 0 radical (unpaired) electrons. The monoisotopic (exact) mass is 911 g/mol. The fourth-order valence-electron chi connectivity index (χ4n) is 12.5. The number of aliphatic imine (C=N–C) groups is 2. The summed E-state index contributed by atoms with van der Waals surface area (Å²) in [7, 11) is 4.19. The highest BCUT2D eigenvalue weighted by Crippen LogP contribution is 2.59. The Labute approximate surface area is 402 Å². The van der Waals surface area contributed by atoms with Gasteiger partial charge in [0.15, 0.2) is 11.5 Å². The van der Waals surface area contributed by atoms with Gasteiger partial charge in [-0.25, -0.2) is 9.98 Å². The summed E-state index contributed by atoms with van der Waals surface area (Å²) >= 11 is 0. The molecule has 0 saturated carbocycles. The van der Waals surface area contributed by atoms with Gasteiger partial charge in [0.25, 0.3) is 23.2 Å². The molecule has 2 atom stereocenters. The quantitative estimate of drug-likeness (QED) is 0.173. The maximum atomic E-state index is 7.14. The van der Waals surface area contributed by atoms with Crippen molar-refractivity contribution in [3.63, 3.8) is 0 Å². The molecule has 6 aromatic rings. The number of likely N-dealkylation sites (N-methyl/N-ethyl adjacent to an activating group) is 2. The van der Waals surface area contributed by atoms with Crippen LogP contribution in [0.1, 0.15) is 91.2 Å². The second-order valence-corrected chi connectivity index (χ2v) is 20.3. The molecule has 10 heteroatoms. The third kappa shape index (κ3) is 6.34. The van der Waals surface area contributed by atoms with Crippen molar-refractivity contribution in [3.05, 3.63) is 120 Å². The highest BCUT2D eigenvalue weighted by molar-refractivity contribution is 6.10. The highest BCUT2D eigenvalue weighted by atomic mass is 16.6. The van der Waals surface area contributed by atoms with Gasteiger partial charge in [-0.1, -0.05) is 84.9 Å². The lowest BCUT2D eigenvalue weighted by Crippen LogP contribution is -2.65. The van der Waals surface area contributed by atoms with E-state index in [1.807, 2.05) is 13.8 Å². The van der Waals surface area contributed by atoms with E-state index in [2.05, 4.69) is 171 Å². The van der Waals surface area contributed by atoms with Crippen LogP contribution in [0, 0.1) is 0 Å².